The van der Waals surface area contributed by atoms with E-state index in [9.17, 15) is 9.18 Å². The van der Waals surface area contributed by atoms with Gasteiger partial charge in [0.15, 0.2) is 0 Å². The van der Waals surface area contributed by atoms with Crippen LogP contribution in [0.5, 0.6) is 0 Å². The lowest BCUT2D eigenvalue weighted by atomic mass is 10.1. The summed E-state index contributed by atoms with van der Waals surface area (Å²) in [6.07, 6.45) is 5.28. The Morgan fingerprint density at radius 1 is 1.03 bits per heavy atom. The van der Waals surface area contributed by atoms with Crippen LogP contribution in [-0.4, -0.2) is 20.6 Å². The summed E-state index contributed by atoms with van der Waals surface area (Å²) in [6.45, 7) is 3.84. The van der Waals surface area contributed by atoms with Gasteiger partial charge in [0.25, 0.3) is 0 Å². The van der Waals surface area contributed by atoms with Crippen molar-refractivity contribution in [2.75, 3.05) is 10.6 Å². The SMILES string of the molecule is Cc1ccc(NC(=O)Nc2c(C)ccc3c2ncn3Cc2ccncc2)cc1CF. The molecule has 4 rings (SSSR count). The van der Waals surface area contributed by atoms with Crippen molar-refractivity contribution < 1.29 is 9.18 Å². The molecule has 0 aliphatic heterocycles. The van der Waals surface area contributed by atoms with Gasteiger partial charge in [0.2, 0.25) is 0 Å². The van der Waals surface area contributed by atoms with Crippen LogP contribution in [0.3, 0.4) is 0 Å². The normalized spacial score (nSPS) is 10.9. The predicted molar refractivity (Wildman–Crippen MR) is 116 cm³/mol. The minimum Gasteiger partial charge on any atom is -0.326 e. The Bertz CT molecular complexity index is 1200. The van der Waals surface area contributed by atoms with Gasteiger partial charge in [-0.2, -0.15) is 0 Å². The van der Waals surface area contributed by atoms with E-state index >= 15 is 0 Å². The topological polar surface area (TPSA) is 71.8 Å². The number of aryl methyl sites for hydroxylation is 2. The minimum absolute atomic E-state index is 0.400. The molecule has 2 amide bonds. The molecule has 30 heavy (non-hydrogen) atoms. The number of hydrogen-bond acceptors (Lipinski definition) is 3. The standard InChI is InChI=1S/C23H22FN5O/c1-15-3-5-19(11-18(15)12-24)27-23(30)28-21-16(2)4-6-20-22(21)26-14-29(20)13-17-7-9-25-10-8-17/h3-11,14H,12-13H2,1-2H3,(H2,27,28,30). The van der Waals surface area contributed by atoms with Crippen molar-refractivity contribution in [1.29, 1.82) is 0 Å². The molecule has 0 bridgehead atoms. The molecule has 0 spiro atoms. The molecule has 2 aromatic carbocycles. The van der Waals surface area contributed by atoms with Crippen LogP contribution in [0.1, 0.15) is 22.3 Å². The number of nitrogens with one attached hydrogen (secondary N) is 2. The van der Waals surface area contributed by atoms with Gasteiger partial charge < -0.3 is 15.2 Å². The molecule has 6 nitrogen and oxygen atoms in total. The first-order valence-electron chi connectivity index (χ1n) is 9.62. The van der Waals surface area contributed by atoms with Crippen molar-refractivity contribution in [2.45, 2.75) is 27.1 Å². The number of rotatable bonds is 5. The highest BCUT2D eigenvalue weighted by Gasteiger charge is 2.14. The lowest BCUT2D eigenvalue weighted by molar-refractivity contribution is 0.262. The van der Waals surface area contributed by atoms with E-state index in [0.29, 0.717) is 29.0 Å². The van der Waals surface area contributed by atoms with Gasteiger partial charge in [0.1, 0.15) is 12.2 Å². The quantitative estimate of drug-likeness (QED) is 0.480. The molecule has 4 aromatic rings. The minimum atomic E-state index is -0.573. The van der Waals surface area contributed by atoms with Crippen molar-refractivity contribution in [3.05, 3.63) is 83.4 Å². The fraction of sp³-hybridized carbons (Fsp3) is 0.174. The van der Waals surface area contributed by atoms with E-state index < -0.39 is 12.7 Å². The number of urea groups is 1. The first-order valence-corrected chi connectivity index (χ1v) is 9.62. The Labute approximate surface area is 173 Å². The smallest absolute Gasteiger partial charge is 0.323 e. The van der Waals surface area contributed by atoms with Gasteiger partial charge in [-0.1, -0.05) is 12.1 Å². The Balaban J connectivity index is 1.58. The molecule has 0 unspecified atom stereocenters. The van der Waals surface area contributed by atoms with Crippen molar-refractivity contribution in [1.82, 2.24) is 14.5 Å². The molecular formula is C23H22FN5O. The number of imidazole rings is 1. The number of alkyl halides is 1. The molecule has 7 heteroatoms. The number of anilines is 2. The van der Waals surface area contributed by atoms with E-state index in [1.165, 1.54) is 0 Å². The van der Waals surface area contributed by atoms with Gasteiger partial charge in [-0.05, 0) is 66.4 Å². The number of pyridine rings is 1. The number of halogens is 1. The molecular weight excluding hydrogens is 381 g/mol. The predicted octanol–water partition coefficient (Wildman–Crippen LogP) is 5.21. The molecule has 0 atom stereocenters. The zero-order valence-corrected chi connectivity index (χ0v) is 16.8. The van der Waals surface area contributed by atoms with E-state index in [1.807, 2.05) is 42.7 Å². The third-order valence-electron chi connectivity index (χ3n) is 5.09. The second-order valence-electron chi connectivity index (χ2n) is 7.21. The summed E-state index contributed by atoms with van der Waals surface area (Å²) in [4.78, 5) is 21.2. The molecule has 0 saturated carbocycles. The molecule has 0 aliphatic rings. The maximum Gasteiger partial charge on any atom is 0.323 e. The summed E-state index contributed by atoms with van der Waals surface area (Å²) < 4.78 is 15.1. The lowest BCUT2D eigenvalue weighted by Crippen LogP contribution is -2.20. The summed E-state index contributed by atoms with van der Waals surface area (Å²) in [6, 6.07) is 12.7. The lowest BCUT2D eigenvalue weighted by Gasteiger charge is -2.12. The summed E-state index contributed by atoms with van der Waals surface area (Å²) >= 11 is 0. The molecule has 152 valence electrons. The monoisotopic (exact) mass is 403 g/mol. The van der Waals surface area contributed by atoms with E-state index in [-0.39, 0.29) is 0 Å². The molecule has 2 heterocycles. The van der Waals surface area contributed by atoms with Gasteiger partial charge in [0, 0.05) is 24.6 Å². The van der Waals surface area contributed by atoms with Crippen LogP contribution in [0, 0.1) is 13.8 Å². The molecule has 0 radical (unpaired) electrons. The average Bonchev–Trinajstić information content (AvgIpc) is 3.15. The van der Waals surface area contributed by atoms with Gasteiger partial charge in [-0.3, -0.25) is 4.98 Å². The number of benzene rings is 2. The van der Waals surface area contributed by atoms with Crippen molar-refractivity contribution in [2.24, 2.45) is 0 Å². The Morgan fingerprint density at radius 2 is 1.80 bits per heavy atom. The van der Waals surface area contributed by atoms with E-state index in [1.54, 1.807) is 36.9 Å². The number of amides is 2. The number of hydrogen-bond donors (Lipinski definition) is 2. The fourth-order valence-electron chi connectivity index (χ4n) is 3.37. The van der Waals surface area contributed by atoms with Crippen molar-refractivity contribution in [3.8, 4) is 0 Å². The van der Waals surface area contributed by atoms with Crippen molar-refractivity contribution in [3.63, 3.8) is 0 Å². The van der Waals surface area contributed by atoms with Crippen LogP contribution in [0.2, 0.25) is 0 Å². The largest absolute Gasteiger partial charge is 0.326 e. The number of carbonyl (C=O) groups is 1. The van der Waals surface area contributed by atoms with Crippen LogP contribution in [0.4, 0.5) is 20.6 Å². The number of carbonyl (C=O) groups excluding carboxylic acids is 1. The summed E-state index contributed by atoms with van der Waals surface area (Å²) in [5.74, 6) is 0. The van der Waals surface area contributed by atoms with Crippen LogP contribution in [0.15, 0.2) is 61.2 Å². The van der Waals surface area contributed by atoms with Gasteiger partial charge >= 0.3 is 6.03 Å². The third-order valence-corrected chi connectivity index (χ3v) is 5.09. The van der Waals surface area contributed by atoms with Crippen LogP contribution in [-0.2, 0) is 13.2 Å². The van der Waals surface area contributed by atoms with E-state index in [4.69, 9.17) is 0 Å². The number of aromatic nitrogens is 3. The highest BCUT2D eigenvalue weighted by molar-refractivity contribution is 6.05. The third kappa shape index (κ3) is 4.00. The van der Waals surface area contributed by atoms with Gasteiger partial charge in [-0.25, -0.2) is 14.2 Å². The highest BCUT2D eigenvalue weighted by Crippen LogP contribution is 2.27. The second kappa shape index (κ2) is 8.32. The maximum absolute atomic E-state index is 13.1. The van der Waals surface area contributed by atoms with Crippen LogP contribution < -0.4 is 10.6 Å². The zero-order valence-electron chi connectivity index (χ0n) is 16.8. The Morgan fingerprint density at radius 3 is 2.57 bits per heavy atom. The highest BCUT2D eigenvalue weighted by atomic mass is 19.1. The maximum atomic E-state index is 13.1. The van der Waals surface area contributed by atoms with Gasteiger partial charge in [-0.15, -0.1) is 0 Å². The average molecular weight is 403 g/mol. The summed E-state index contributed by atoms with van der Waals surface area (Å²) in [5.41, 5.74) is 6.25. The number of nitrogens with zero attached hydrogens (tertiary/aromatic N) is 3. The number of fused-ring (bicyclic) bond motifs is 1. The van der Waals surface area contributed by atoms with E-state index in [2.05, 4.69) is 20.6 Å². The molecule has 0 fully saturated rings. The first kappa shape index (κ1) is 19.6. The first-order chi connectivity index (χ1) is 14.5. The molecule has 2 N–H and O–H groups in total. The zero-order chi connectivity index (χ0) is 21.1. The van der Waals surface area contributed by atoms with Crippen LogP contribution in [0.25, 0.3) is 11.0 Å². The summed E-state index contributed by atoms with van der Waals surface area (Å²) in [5, 5.41) is 5.67. The molecule has 2 aromatic heterocycles. The fourth-order valence-corrected chi connectivity index (χ4v) is 3.37. The Kier molecular flexibility index (Phi) is 5.43. The second-order valence-corrected chi connectivity index (χ2v) is 7.21. The Hall–Kier alpha value is -3.74. The molecule has 0 saturated heterocycles. The van der Waals surface area contributed by atoms with Crippen LogP contribution >= 0.6 is 0 Å². The summed E-state index contributed by atoms with van der Waals surface area (Å²) in [7, 11) is 0. The molecule has 0 aliphatic carbocycles. The van der Waals surface area contributed by atoms with E-state index in [0.717, 1.165) is 22.2 Å². The van der Waals surface area contributed by atoms with Crippen molar-refractivity contribution >= 4 is 28.4 Å². The van der Waals surface area contributed by atoms with Gasteiger partial charge in [0.05, 0.1) is 17.5 Å².